The molecule has 0 spiro atoms. The first-order chi connectivity index (χ1) is 6.27. The van der Waals surface area contributed by atoms with Crippen molar-refractivity contribution in [3.63, 3.8) is 0 Å². The van der Waals surface area contributed by atoms with Gasteiger partial charge in [-0.1, -0.05) is 40.0 Å². The molecule has 0 saturated carbocycles. The van der Waals surface area contributed by atoms with Gasteiger partial charge in [-0.05, 0) is 38.3 Å². The van der Waals surface area contributed by atoms with Gasteiger partial charge < -0.3 is 5.32 Å². The first kappa shape index (κ1) is 13.0. The van der Waals surface area contributed by atoms with Crippen molar-refractivity contribution in [2.45, 2.75) is 59.3 Å². The molecule has 0 amide bonds. The number of hydrogen-bond acceptors (Lipinski definition) is 1. The highest BCUT2D eigenvalue weighted by Gasteiger charge is 1.93. The molecule has 0 aromatic heterocycles. The van der Waals surface area contributed by atoms with Crippen molar-refractivity contribution in [1.82, 2.24) is 5.32 Å². The minimum Gasteiger partial charge on any atom is -0.317 e. The van der Waals surface area contributed by atoms with E-state index >= 15 is 0 Å². The van der Waals surface area contributed by atoms with Gasteiger partial charge in [0.25, 0.3) is 0 Å². The Morgan fingerprint density at radius 3 is 2.31 bits per heavy atom. The third-order valence-corrected chi connectivity index (χ3v) is 2.34. The highest BCUT2D eigenvalue weighted by Crippen LogP contribution is 2.02. The fourth-order valence-corrected chi connectivity index (χ4v) is 1.44. The van der Waals surface area contributed by atoms with Gasteiger partial charge in [0, 0.05) is 1.43 Å². The number of unbranched alkanes of at least 4 members (excludes halogenated alkanes) is 3. The Morgan fingerprint density at radius 2 is 1.69 bits per heavy atom. The Hall–Kier alpha value is -0.0400. The zero-order valence-corrected chi connectivity index (χ0v) is 9.73. The molecule has 0 radical (unpaired) electrons. The molecule has 0 aromatic carbocycles. The van der Waals surface area contributed by atoms with Gasteiger partial charge in [-0.3, -0.25) is 0 Å². The summed E-state index contributed by atoms with van der Waals surface area (Å²) in [6.45, 7) is 9.28. The lowest BCUT2D eigenvalue weighted by atomic mass is 10.1. The Labute approximate surface area is 85.8 Å². The molecule has 0 aliphatic heterocycles. The summed E-state index contributed by atoms with van der Waals surface area (Å²) in [7, 11) is 0. The second kappa shape index (κ2) is 10.0. The lowest BCUT2D eigenvalue weighted by Crippen LogP contribution is -2.16. The summed E-state index contributed by atoms with van der Waals surface area (Å²) in [5.41, 5.74) is 0. The van der Waals surface area contributed by atoms with Crippen molar-refractivity contribution >= 4 is 0 Å². The summed E-state index contributed by atoms with van der Waals surface area (Å²) >= 11 is 0. The molecule has 0 rings (SSSR count). The van der Waals surface area contributed by atoms with Gasteiger partial charge in [0.1, 0.15) is 0 Å². The standard InChI is InChI=1S/C12H27N.H2/c1-4-5-6-7-10-13-11-8-9-12(2)3;/h12-13H,4-11H2,1-3H3;1H. The molecule has 0 unspecified atom stereocenters. The molecule has 82 valence electrons. The van der Waals surface area contributed by atoms with E-state index in [0.717, 1.165) is 5.92 Å². The van der Waals surface area contributed by atoms with Crippen LogP contribution < -0.4 is 5.32 Å². The minimum absolute atomic E-state index is 0. The monoisotopic (exact) mass is 187 g/mol. The zero-order valence-electron chi connectivity index (χ0n) is 9.73. The van der Waals surface area contributed by atoms with Gasteiger partial charge in [-0.25, -0.2) is 0 Å². The van der Waals surface area contributed by atoms with Crippen LogP contribution in [0.15, 0.2) is 0 Å². The van der Waals surface area contributed by atoms with E-state index in [0.29, 0.717) is 0 Å². The Bertz CT molecular complexity index is 94.3. The molecule has 0 bridgehead atoms. The number of rotatable bonds is 9. The van der Waals surface area contributed by atoms with Gasteiger partial charge in [0.2, 0.25) is 0 Å². The lowest BCUT2D eigenvalue weighted by molar-refractivity contribution is 0.518. The highest BCUT2D eigenvalue weighted by molar-refractivity contribution is 4.51. The molecule has 1 heteroatoms. The van der Waals surface area contributed by atoms with E-state index in [-0.39, 0.29) is 1.43 Å². The van der Waals surface area contributed by atoms with E-state index < -0.39 is 0 Å². The maximum absolute atomic E-state index is 3.50. The molecule has 0 aromatic rings. The third-order valence-electron chi connectivity index (χ3n) is 2.34. The first-order valence-electron chi connectivity index (χ1n) is 5.98. The second-order valence-electron chi connectivity index (χ2n) is 4.35. The largest absolute Gasteiger partial charge is 0.317 e. The van der Waals surface area contributed by atoms with Crippen LogP contribution in [-0.4, -0.2) is 13.1 Å². The third kappa shape index (κ3) is 12.0. The summed E-state index contributed by atoms with van der Waals surface area (Å²) in [6, 6.07) is 0. The van der Waals surface area contributed by atoms with Crippen molar-refractivity contribution in [1.29, 1.82) is 0 Å². The zero-order chi connectivity index (χ0) is 9.94. The predicted octanol–water partition coefficient (Wildman–Crippen LogP) is 3.84. The molecule has 0 saturated heterocycles. The van der Waals surface area contributed by atoms with Gasteiger partial charge in [-0.2, -0.15) is 0 Å². The molecule has 1 N–H and O–H groups in total. The van der Waals surface area contributed by atoms with E-state index in [1.807, 2.05) is 0 Å². The summed E-state index contributed by atoms with van der Waals surface area (Å²) in [5, 5.41) is 3.50. The Morgan fingerprint density at radius 1 is 1.00 bits per heavy atom. The van der Waals surface area contributed by atoms with E-state index in [4.69, 9.17) is 0 Å². The van der Waals surface area contributed by atoms with Gasteiger partial charge in [0.15, 0.2) is 0 Å². The van der Waals surface area contributed by atoms with Crippen LogP contribution in [-0.2, 0) is 0 Å². The molecule has 0 heterocycles. The minimum atomic E-state index is 0. The van der Waals surface area contributed by atoms with E-state index in [2.05, 4.69) is 26.1 Å². The van der Waals surface area contributed by atoms with Crippen LogP contribution in [0.1, 0.15) is 60.7 Å². The van der Waals surface area contributed by atoms with Crippen LogP contribution in [0, 0.1) is 5.92 Å². The maximum atomic E-state index is 3.50. The fraction of sp³-hybridized carbons (Fsp3) is 1.00. The number of nitrogens with one attached hydrogen (secondary N) is 1. The molecule has 13 heavy (non-hydrogen) atoms. The summed E-state index contributed by atoms with van der Waals surface area (Å²) in [4.78, 5) is 0. The highest BCUT2D eigenvalue weighted by atomic mass is 14.8. The van der Waals surface area contributed by atoms with Crippen LogP contribution >= 0.6 is 0 Å². The van der Waals surface area contributed by atoms with E-state index in [1.54, 1.807) is 0 Å². The SMILES string of the molecule is CCCCCCNCCCC(C)C.[HH]. The summed E-state index contributed by atoms with van der Waals surface area (Å²) in [6.07, 6.45) is 8.19. The molecular weight excluding hydrogens is 158 g/mol. The summed E-state index contributed by atoms with van der Waals surface area (Å²) < 4.78 is 0. The average Bonchev–Trinajstić information content (AvgIpc) is 2.09. The van der Waals surface area contributed by atoms with Gasteiger partial charge in [0.05, 0.1) is 0 Å². The maximum Gasteiger partial charge on any atom is 0 e. The molecule has 1 nitrogen and oxygen atoms in total. The van der Waals surface area contributed by atoms with Crippen LogP contribution in [0.2, 0.25) is 0 Å². The van der Waals surface area contributed by atoms with Crippen LogP contribution in [0.5, 0.6) is 0 Å². The van der Waals surface area contributed by atoms with E-state index in [9.17, 15) is 0 Å². The van der Waals surface area contributed by atoms with Crippen molar-refractivity contribution in [2.75, 3.05) is 13.1 Å². The number of hydrogen-bond donors (Lipinski definition) is 1. The predicted molar refractivity (Wildman–Crippen MR) is 63.2 cm³/mol. The van der Waals surface area contributed by atoms with Gasteiger partial charge >= 0.3 is 0 Å². The van der Waals surface area contributed by atoms with Crippen molar-refractivity contribution in [3.8, 4) is 0 Å². The quantitative estimate of drug-likeness (QED) is 0.541. The Balaban J connectivity index is 0. The van der Waals surface area contributed by atoms with Crippen LogP contribution in [0.4, 0.5) is 0 Å². The smallest absolute Gasteiger partial charge is 0 e. The molecule has 0 aliphatic rings. The van der Waals surface area contributed by atoms with Crippen molar-refractivity contribution in [3.05, 3.63) is 0 Å². The molecule has 0 aliphatic carbocycles. The Kier molecular flexibility index (Phi) is 10.0. The van der Waals surface area contributed by atoms with Crippen molar-refractivity contribution in [2.24, 2.45) is 5.92 Å². The van der Waals surface area contributed by atoms with Crippen molar-refractivity contribution < 1.29 is 1.43 Å². The lowest BCUT2D eigenvalue weighted by Gasteiger charge is -2.06. The fourth-order valence-electron chi connectivity index (χ4n) is 1.44. The summed E-state index contributed by atoms with van der Waals surface area (Å²) in [5.74, 6) is 0.863. The first-order valence-corrected chi connectivity index (χ1v) is 5.98. The molecular formula is C12H29N. The normalized spacial score (nSPS) is 11.1. The topological polar surface area (TPSA) is 12.0 Å². The molecule has 0 atom stereocenters. The molecule has 0 fully saturated rings. The van der Waals surface area contributed by atoms with E-state index in [1.165, 1.54) is 51.6 Å². The second-order valence-corrected chi connectivity index (χ2v) is 4.35. The van der Waals surface area contributed by atoms with Crippen LogP contribution in [0.25, 0.3) is 0 Å². The van der Waals surface area contributed by atoms with Crippen LogP contribution in [0.3, 0.4) is 0 Å². The average molecular weight is 187 g/mol. The van der Waals surface area contributed by atoms with Gasteiger partial charge in [-0.15, -0.1) is 0 Å².